The molecule has 0 fully saturated rings. The topological polar surface area (TPSA) is 66.5 Å². The Labute approximate surface area is 85.9 Å². The Morgan fingerprint density at radius 3 is 2.36 bits per heavy atom. The fourth-order valence-electron chi connectivity index (χ4n) is 1.19. The van der Waals surface area contributed by atoms with Crippen molar-refractivity contribution in [3.05, 3.63) is 22.5 Å². The number of hydrogen-bond donors (Lipinski definition) is 3. The molecule has 0 spiro atoms. The first-order valence-electron chi connectivity index (χ1n) is 3.94. The van der Waals surface area contributed by atoms with E-state index < -0.39 is 22.9 Å². The van der Waals surface area contributed by atoms with Crippen LogP contribution in [0.5, 0.6) is 11.5 Å². The van der Waals surface area contributed by atoms with E-state index in [0.717, 1.165) is 6.07 Å². The summed E-state index contributed by atoms with van der Waals surface area (Å²) in [4.78, 5) is 0. The second-order valence-corrected chi connectivity index (χ2v) is 4.04. The molecule has 4 N–H and O–H groups in total. The van der Waals surface area contributed by atoms with Gasteiger partial charge in [0.15, 0.2) is 11.6 Å². The minimum absolute atomic E-state index is 0.127. The van der Waals surface area contributed by atoms with Crippen molar-refractivity contribution in [1.82, 2.24) is 0 Å². The Hall–Kier alpha value is -1.00. The Bertz CT molecular complexity index is 348. The molecule has 0 atom stereocenters. The van der Waals surface area contributed by atoms with Crippen molar-refractivity contribution in [2.45, 2.75) is 19.4 Å². The largest absolute Gasteiger partial charge is 0.506 e. The molecule has 0 amide bonds. The van der Waals surface area contributed by atoms with Gasteiger partial charge in [0.2, 0.25) is 0 Å². The van der Waals surface area contributed by atoms with E-state index in [0.29, 0.717) is 0 Å². The van der Waals surface area contributed by atoms with Gasteiger partial charge in [-0.05, 0) is 13.8 Å². The van der Waals surface area contributed by atoms with Gasteiger partial charge in [-0.3, -0.25) is 0 Å². The van der Waals surface area contributed by atoms with Gasteiger partial charge < -0.3 is 15.9 Å². The molecule has 14 heavy (non-hydrogen) atoms. The molecule has 0 unspecified atom stereocenters. The molecule has 0 radical (unpaired) electrons. The van der Waals surface area contributed by atoms with Crippen LogP contribution in [-0.4, -0.2) is 10.2 Å². The quantitative estimate of drug-likeness (QED) is 0.634. The van der Waals surface area contributed by atoms with Crippen molar-refractivity contribution < 1.29 is 14.6 Å². The third-order valence-corrected chi connectivity index (χ3v) is 2.10. The summed E-state index contributed by atoms with van der Waals surface area (Å²) in [7, 11) is 0. The number of nitrogens with two attached hydrogens (primary N) is 1. The van der Waals surface area contributed by atoms with Crippen LogP contribution in [0.4, 0.5) is 4.39 Å². The summed E-state index contributed by atoms with van der Waals surface area (Å²) in [6, 6.07) is 0.932. The lowest BCUT2D eigenvalue weighted by atomic mass is 9.94. The minimum Gasteiger partial charge on any atom is -0.506 e. The molecule has 3 nitrogen and oxygen atoms in total. The van der Waals surface area contributed by atoms with Crippen LogP contribution >= 0.6 is 11.6 Å². The Morgan fingerprint density at radius 1 is 1.43 bits per heavy atom. The SMILES string of the molecule is CC(C)(N)c1c(O)c(Cl)cc(O)c1F. The zero-order valence-corrected chi connectivity index (χ0v) is 8.56. The van der Waals surface area contributed by atoms with E-state index >= 15 is 0 Å². The van der Waals surface area contributed by atoms with Gasteiger partial charge in [-0.2, -0.15) is 0 Å². The number of phenolic OH excluding ortho intramolecular Hbond substituents is 2. The highest BCUT2D eigenvalue weighted by molar-refractivity contribution is 6.32. The number of phenols is 2. The highest BCUT2D eigenvalue weighted by Crippen LogP contribution is 2.39. The Balaban J connectivity index is 3.56. The zero-order chi connectivity index (χ0) is 11.1. The second kappa shape index (κ2) is 3.29. The van der Waals surface area contributed by atoms with E-state index in [1.165, 1.54) is 13.8 Å². The van der Waals surface area contributed by atoms with Gasteiger partial charge in [0.25, 0.3) is 0 Å². The first-order chi connectivity index (χ1) is 6.25. The van der Waals surface area contributed by atoms with Crippen LogP contribution in [0.2, 0.25) is 5.02 Å². The average molecular weight is 220 g/mol. The van der Waals surface area contributed by atoms with Gasteiger partial charge in [-0.1, -0.05) is 11.6 Å². The zero-order valence-electron chi connectivity index (χ0n) is 7.81. The molecule has 0 saturated carbocycles. The normalized spacial score (nSPS) is 11.8. The van der Waals surface area contributed by atoms with Crippen molar-refractivity contribution in [3.8, 4) is 11.5 Å². The van der Waals surface area contributed by atoms with Gasteiger partial charge in [-0.15, -0.1) is 0 Å². The molecule has 78 valence electrons. The lowest BCUT2D eigenvalue weighted by molar-refractivity contribution is 0.388. The second-order valence-electron chi connectivity index (χ2n) is 3.64. The van der Waals surface area contributed by atoms with E-state index in [4.69, 9.17) is 22.4 Å². The summed E-state index contributed by atoms with van der Waals surface area (Å²) in [5.41, 5.74) is 4.32. The van der Waals surface area contributed by atoms with E-state index in [1.54, 1.807) is 0 Å². The summed E-state index contributed by atoms with van der Waals surface area (Å²) in [6.07, 6.45) is 0. The molecular formula is C9H11ClFNO2. The molecule has 0 aliphatic carbocycles. The third-order valence-electron chi connectivity index (χ3n) is 1.82. The maximum atomic E-state index is 13.4. The smallest absolute Gasteiger partial charge is 0.173 e. The fraction of sp³-hybridized carbons (Fsp3) is 0.333. The molecule has 5 heteroatoms. The van der Waals surface area contributed by atoms with Gasteiger partial charge in [0, 0.05) is 11.6 Å². The summed E-state index contributed by atoms with van der Waals surface area (Å²) in [6.45, 7) is 3.00. The number of hydrogen-bond acceptors (Lipinski definition) is 3. The van der Waals surface area contributed by atoms with Crippen molar-refractivity contribution in [3.63, 3.8) is 0 Å². The predicted molar refractivity (Wildman–Crippen MR) is 52.0 cm³/mol. The molecular weight excluding hydrogens is 209 g/mol. The van der Waals surface area contributed by atoms with E-state index in [1.807, 2.05) is 0 Å². The maximum absolute atomic E-state index is 13.4. The van der Waals surface area contributed by atoms with E-state index in [2.05, 4.69) is 0 Å². The first kappa shape index (κ1) is 11.1. The highest BCUT2D eigenvalue weighted by Gasteiger charge is 2.27. The number of halogens is 2. The van der Waals surface area contributed by atoms with Crippen LogP contribution in [0.25, 0.3) is 0 Å². The molecule has 1 aromatic carbocycles. The van der Waals surface area contributed by atoms with Gasteiger partial charge >= 0.3 is 0 Å². The standard InChI is InChI=1S/C9H11ClFNO2/c1-9(2,12)6-7(11)5(13)3-4(10)8(6)14/h3,13-14H,12H2,1-2H3. The Morgan fingerprint density at radius 2 is 1.93 bits per heavy atom. The summed E-state index contributed by atoms with van der Waals surface area (Å²) < 4.78 is 13.4. The monoisotopic (exact) mass is 219 g/mol. The van der Waals surface area contributed by atoms with E-state index in [9.17, 15) is 9.50 Å². The molecule has 0 aromatic heterocycles. The molecule has 0 saturated heterocycles. The van der Waals surface area contributed by atoms with Crippen LogP contribution in [0.15, 0.2) is 6.07 Å². The van der Waals surface area contributed by atoms with Crippen molar-refractivity contribution >= 4 is 11.6 Å². The van der Waals surface area contributed by atoms with Crippen LogP contribution in [-0.2, 0) is 5.54 Å². The first-order valence-corrected chi connectivity index (χ1v) is 4.32. The summed E-state index contributed by atoms with van der Waals surface area (Å²) in [5.74, 6) is -2.00. The lowest BCUT2D eigenvalue weighted by Crippen LogP contribution is -2.30. The molecule has 0 heterocycles. The molecule has 0 bridgehead atoms. The van der Waals surface area contributed by atoms with Gasteiger partial charge in [0.05, 0.1) is 10.6 Å². The van der Waals surface area contributed by atoms with Crippen LogP contribution < -0.4 is 5.73 Å². The minimum atomic E-state index is -1.11. The third kappa shape index (κ3) is 1.76. The molecule has 1 aromatic rings. The summed E-state index contributed by atoms with van der Waals surface area (Å²) in [5, 5.41) is 18.5. The molecule has 1 rings (SSSR count). The van der Waals surface area contributed by atoms with Crippen molar-refractivity contribution in [2.24, 2.45) is 5.73 Å². The lowest BCUT2D eigenvalue weighted by Gasteiger charge is -2.22. The molecule has 0 aliphatic rings. The van der Waals surface area contributed by atoms with Crippen LogP contribution in [0.3, 0.4) is 0 Å². The fourth-order valence-corrected chi connectivity index (χ4v) is 1.39. The highest BCUT2D eigenvalue weighted by atomic mass is 35.5. The van der Waals surface area contributed by atoms with Crippen LogP contribution in [0.1, 0.15) is 19.4 Å². The number of rotatable bonds is 1. The van der Waals surface area contributed by atoms with Crippen molar-refractivity contribution in [1.29, 1.82) is 0 Å². The van der Waals surface area contributed by atoms with Gasteiger partial charge in [0.1, 0.15) is 5.75 Å². The predicted octanol–water partition coefficient (Wildman–Crippen LogP) is 2.08. The Kier molecular flexibility index (Phi) is 2.61. The van der Waals surface area contributed by atoms with Crippen LogP contribution in [0, 0.1) is 5.82 Å². The average Bonchev–Trinajstić information content (AvgIpc) is 1.98. The van der Waals surface area contributed by atoms with Crippen molar-refractivity contribution in [2.75, 3.05) is 0 Å². The maximum Gasteiger partial charge on any atom is 0.173 e. The number of aromatic hydroxyl groups is 2. The summed E-state index contributed by atoms with van der Waals surface area (Å²) >= 11 is 5.56. The van der Waals surface area contributed by atoms with Gasteiger partial charge in [-0.25, -0.2) is 4.39 Å². The van der Waals surface area contributed by atoms with E-state index in [-0.39, 0.29) is 10.6 Å². The number of benzene rings is 1. The molecule has 0 aliphatic heterocycles.